The molecule has 0 amide bonds. The number of aliphatic hydroxyl groups is 1. The number of likely N-dealkylation sites (tertiary alicyclic amines) is 1. The zero-order valence-corrected chi connectivity index (χ0v) is 13.3. The van der Waals surface area contributed by atoms with Crippen molar-refractivity contribution in [1.82, 2.24) is 4.90 Å². The van der Waals surface area contributed by atoms with Crippen LogP contribution in [0.2, 0.25) is 0 Å². The molecule has 1 aromatic carbocycles. The fourth-order valence-electron chi connectivity index (χ4n) is 2.70. The van der Waals surface area contributed by atoms with Gasteiger partial charge in [0.2, 0.25) is 0 Å². The third-order valence-corrected chi connectivity index (χ3v) is 4.07. The number of allylic oxidation sites excluding steroid dienone is 1. The standard InChI is InChI=1S/C18H28N2O/c1-15(2)7-11-20-12-8-18(9-13-20)19-17-5-3-16(4-6-17)10-14-21/h3-7,18-19,21H,8-14H2,1-2H3. The quantitative estimate of drug-likeness (QED) is 0.790. The van der Waals surface area contributed by atoms with Crippen molar-refractivity contribution < 1.29 is 5.11 Å². The fraction of sp³-hybridized carbons (Fsp3) is 0.556. The maximum atomic E-state index is 8.93. The molecule has 0 radical (unpaired) electrons. The molecule has 3 nitrogen and oxygen atoms in total. The van der Waals surface area contributed by atoms with Crippen LogP contribution in [-0.2, 0) is 6.42 Å². The molecule has 0 unspecified atom stereocenters. The second kappa shape index (κ2) is 8.20. The summed E-state index contributed by atoms with van der Waals surface area (Å²) in [7, 11) is 0. The third-order valence-electron chi connectivity index (χ3n) is 4.07. The number of anilines is 1. The Morgan fingerprint density at radius 3 is 2.48 bits per heavy atom. The number of rotatable bonds is 6. The van der Waals surface area contributed by atoms with Gasteiger partial charge in [0.1, 0.15) is 0 Å². The van der Waals surface area contributed by atoms with E-state index in [9.17, 15) is 0 Å². The maximum Gasteiger partial charge on any atom is 0.0471 e. The first-order chi connectivity index (χ1) is 10.2. The highest BCUT2D eigenvalue weighted by Gasteiger charge is 2.18. The molecule has 3 heteroatoms. The fourth-order valence-corrected chi connectivity index (χ4v) is 2.70. The number of nitrogens with one attached hydrogen (secondary N) is 1. The Hall–Kier alpha value is -1.32. The third kappa shape index (κ3) is 5.52. The molecular formula is C18H28N2O. The van der Waals surface area contributed by atoms with Crippen LogP contribution in [0.25, 0.3) is 0 Å². The van der Waals surface area contributed by atoms with E-state index in [1.54, 1.807) is 0 Å². The Morgan fingerprint density at radius 2 is 1.90 bits per heavy atom. The van der Waals surface area contributed by atoms with E-state index in [1.165, 1.54) is 42.8 Å². The van der Waals surface area contributed by atoms with E-state index >= 15 is 0 Å². The second-order valence-electron chi connectivity index (χ2n) is 6.17. The molecule has 1 fully saturated rings. The van der Waals surface area contributed by atoms with Gasteiger partial charge in [-0.25, -0.2) is 0 Å². The summed E-state index contributed by atoms with van der Waals surface area (Å²) in [5, 5.41) is 12.6. The Labute approximate surface area is 128 Å². The molecule has 2 N–H and O–H groups in total. The number of piperidine rings is 1. The van der Waals surface area contributed by atoms with Crippen molar-refractivity contribution in [2.24, 2.45) is 0 Å². The van der Waals surface area contributed by atoms with E-state index in [4.69, 9.17) is 5.11 Å². The predicted octanol–water partition coefficient (Wildman–Crippen LogP) is 3.06. The molecule has 0 bridgehead atoms. The number of aliphatic hydroxyl groups excluding tert-OH is 1. The first-order valence-corrected chi connectivity index (χ1v) is 7.99. The topological polar surface area (TPSA) is 35.5 Å². The molecule has 2 rings (SSSR count). The van der Waals surface area contributed by atoms with Gasteiger partial charge in [0.25, 0.3) is 0 Å². The minimum atomic E-state index is 0.219. The summed E-state index contributed by atoms with van der Waals surface area (Å²) >= 11 is 0. The van der Waals surface area contributed by atoms with Crippen LogP contribution in [0, 0.1) is 0 Å². The van der Waals surface area contributed by atoms with Crippen LogP contribution in [0.15, 0.2) is 35.9 Å². The van der Waals surface area contributed by atoms with Gasteiger partial charge in [-0.05, 0) is 50.8 Å². The molecule has 116 valence electrons. The highest BCUT2D eigenvalue weighted by molar-refractivity contribution is 5.45. The van der Waals surface area contributed by atoms with Crippen LogP contribution in [0.1, 0.15) is 32.3 Å². The summed E-state index contributed by atoms with van der Waals surface area (Å²) in [6.07, 6.45) is 5.46. The van der Waals surface area contributed by atoms with Crippen LogP contribution in [0.4, 0.5) is 5.69 Å². The molecular weight excluding hydrogens is 260 g/mol. The molecule has 1 saturated heterocycles. The smallest absolute Gasteiger partial charge is 0.0471 e. The summed E-state index contributed by atoms with van der Waals surface area (Å²) in [5.41, 5.74) is 3.79. The van der Waals surface area contributed by atoms with Gasteiger partial charge in [-0.2, -0.15) is 0 Å². The zero-order valence-electron chi connectivity index (χ0n) is 13.3. The summed E-state index contributed by atoms with van der Waals surface area (Å²) < 4.78 is 0. The lowest BCUT2D eigenvalue weighted by Gasteiger charge is -2.32. The zero-order chi connectivity index (χ0) is 15.1. The van der Waals surface area contributed by atoms with Crippen molar-refractivity contribution in [2.75, 3.05) is 31.6 Å². The van der Waals surface area contributed by atoms with Gasteiger partial charge in [-0.15, -0.1) is 0 Å². The van der Waals surface area contributed by atoms with Crippen LogP contribution in [0.3, 0.4) is 0 Å². The first kappa shape index (κ1) is 16.1. The van der Waals surface area contributed by atoms with Crippen molar-refractivity contribution >= 4 is 5.69 Å². The van der Waals surface area contributed by atoms with Crippen LogP contribution >= 0.6 is 0 Å². The average Bonchev–Trinajstić information content (AvgIpc) is 2.49. The van der Waals surface area contributed by atoms with Gasteiger partial charge in [-0.1, -0.05) is 23.8 Å². The van der Waals surface area contributed by atoms with Crippen molar-refractivity contribution in [3.63, 3.8) is 0 Å². The summed E-state index contributed by atoms with van der Waals surface area (Å²) in [6, 6.07) is 9.03. The Kier molecular flexibility index (Phi) is 6.27. The summed E-state index contributed by atoms with van der Waals surface area (Å²) in [6.45, 7) is 7.97. The molecule has 1 aliphatic rings. The van der Waals surface area contributed by atoms with Crippen molar-refractivity contribution in [3.8, 4) is 0 Å². The monoisotopic (exact) mass is 288 g/mol. The largest absolute Gasteiger partial charge is 0.396 e. The maximum absolute atomic E-state index is 8.93. The predicted molar refractivity (Wildman–Crippen MR) is 89.7 cm³/mol. The van der Waals surface area contributed by atoms with Crippen LogP contribution in [0.5, 0.6) is 0 Å². The highest BCUT2D eigenvalue weighted by atomic mass is 16.2. The summed E-state index contributed by atoms with van der Waals surface area (Å²) in [4.78, 5) is 2.52. The lowest BCUT2D eigenvalue weighted by molar-refractivity contribution is 0.240. The number of nitrogens with zero attached hydrogens (tertiary/aromatic N) is 1. The van der Waals surface area contributed by atoms with Crippen LogP contribution < -0.4 is 5.32 Å². The normalized spacial score (nSPS) is 16.7. The molecule has 1 heterocycles. The Balaban J connectivity index is 1.76. The number of benzene rings is 1. The van der Waals surface area contributed by atoms with Crippen molar-refractivity contribution in [1.29, 1.82) is 0 Å². The van der Waals surface area contributed by atoms with Gasteiger partial charge < -0.3 is 10.4 Å². The lowest BCUT2D eigenvalue weighted by Crippen LogP contribution is -2.39. The Bertz CT molecular complexity index is 441. The SMILES string of the molecule is CC(C)=CCN1CCC(Nc2ccc(CCO)cc2)CC1. The Morgan fingerprint density at radius 1 is 1.24 bits per heavy atom. The molecule has 0 atom stereocenters. The number of hydrogen-bond donors (Lipinski definition) is 2. The molecule has 1 aromatic rings. The van der Waals surface area contributed by atoms with E-state index < -0.39 is 0 Å². The van der Waals surface area contributed by atoms with Gasteiger partial charge in [0, 0.05) is 38.0 Å². The molecule has 0 aliphatic carbocycles. The molecule has 0 aromatic heterocycles. The van der Waals surface area contributed by atoms with E-state index in [-0.39, 0.29) is 6.61 Å². The molecule has 0 saturated carbocycles. The molecule has 0 spiro atoms. The van der Waals surface area contributed by atoms with Crippen molar-refractivity contribution in [2.45, 2.75) is 39.2 Å². The van der Waals surface area contributed by atoms with Gasteiger partial charge in [0.05, 0.1) is 0 Å². The van der Waals surface area contributed by atoms with Gasteiger partial charge in [0.15, 0.2) is 0 Å². The van der Waals surface area contributed by atoms with E-state index in [1.807, 2.05) is 0 Å². The first-order valence-electron chi connectivity index (χ1n) is 7.99. The second-order valence-corrected chi connectivity index (χ2v) is 6.17. The minimum Gasteiger partial charge on any atom is -0.396 e. The number of hydrogen-bond acceptors (Lipinski definition) is 3. The van der Waals surface area contributed by atoms with Crippen LogP contribution in [-0.4, -0.2) is 42.3 Å². The highest BCUT2D eigenvalue weighted by Crippen LogP contribution is 2.17. The minimum absolute atomic E-state index is 0.219. The van der Waals surface area contributed by atoms with E-state index in [0.29, 0.717) is 6.04 Å². The van der Waals surface area contributed by atoms with Gasteiger partial charge in [-0.3, -0.25) is 4.90 Å². The van der Waals surface area contributed by atoms with E-state index in [0.717, 1.165) is 13.0 Å². The van der Waals surface area contributed by atoms with Crippen molar-refractivity contribution in [3.05, 3.63) is 41.5 Å². The molecule has 1 aliphatic heterocycles. The lowest BCUT2D eigenvalue weighted by atomic mass is 10.0. The van der Waals surface area contributed by atoms with E-state index in [2.05, 4.69) is 54.4 Å². The van der Waals surface area contributed by atoms with Gasteiger partial charge >= 0.3 is 0 Å². The average molecular weight is 288 g/mol. The molecule has 21 heavy (non-hydrogen) atoms. The summed E-state index contributed by atoms with van der Waals surface area (Å²) in [5.74, 6) is 0.